The topological polar surface area (TPSA) is 26.3 Å². The van der Waals surface area contributed by atoms with E-state index in [-0.39, 0.29) is 17.8 Å². The first-order valence-electron chi connectivity index (χ1n) is 5.77. The summed E-state index contributed by atoms with van der Waals surface area (Å²) >= 11 is 0. The quantitative estimate of drug-likeness (QED) is 0.777. The van der Waals surface area contributed by atoms with Crippen LogP contribution in [0.1, 0.15) is 30.4 Å². The van der Waals surface area contributed by atoms with Crippen LogP contribution in [0.3, 0.4) is 0 Å². The lowest BCUT2D eigenvalue weighted by molar-refractivity contribution is -0.144. The summed E-state index contributed by atoms with van der Waals surface area (Å²) in [7, 11) is 0. The van der Waals surface area contributed by atoms with Crippen LogP contribution in [0.5, 0.6) is 0 Å². The van der Waals surface area contributed by atoms with Crippen molar-refractivity contribution in [1.29, 1.82) is 0 Å². The maximum Gasteiger partial charge on any atom is 0.416 e. The number of halogens is 3. The van der Waals surface area contributed by atoms with E-state index in [9.17, 15) is 18.0 Å². The molecule has 2 rings (SSSR count). The number of benzene rings is 1. The summed E-state index contributed by atoms with van der Waals surface area (Å²) in [5, 5.41) is 0. The predicted molar refractivity (Wildman–Crippen MR) is 58.9 cm³/mol. The van der Waals surface area contributed by atoms with Gasteiger partial charge in [-0.25, -0.2) is 0 Å². The first-order valence-corrected chi connectivity index (χ1v) is 5.77. The minimum absolute atomic E-state index is 0.133. The first-order chi connectivity index (χ1) is 8.43. The van der Waals surface area contributed by atoms with Crippen molar-refractivity contribution in [2.45, 2.75) is 25.4 Å². The van der Waals surface area contributed by atoms with Gasteiger partial charge < -0.3 is 4.74 Å². The van der Waals surface area contributed by atoms with Crippen LogP contribution >= 0.6 is 0 Å². The van der Waals surface area contributed by atoms with Gasteiger partial charge in [-0.05, 0) is 30.9 Å². The third-order valence-electron chi connectivity index (χ3n) is 3.02. The fraction of sp³-hybridized carbons (Fsp3) is 0.462. The number of hydrogen-bond donors (Lipinski definition) is 0. The first kappa shape index (κ1) is 12.9. The summed E-state index contributed by atoms with van der Waals surface area (Å²) < 4.78 is 42.5. The van der Waals surface area contributed by atoms with Gasteiger partial charge >= 0.3 is 12.1 Å². The third kappa shape index (κ3) is 2.66. The fourth-order valence-electron chi connectivity index (χ4n) is 2.02. The molecule has 2 nitrogen and oxygen atoms in total. The molecule has 0 amide bonds. The summed E-state index contributed by atoms with van der Waals surface area (Å²) in [6.07, 6.45) is -3.77. The van der Waals surface area contributed by atoms with Gasteiger partial charge in [-0.2, -0.15) is 13.2 Å². The molecule has 1 aromatic rings. The normalized spacial score (nSPS) is 22.7. The van der Waals surface area contributed by atoms with Crippen LogP contribution in [-0.4, -0.2) is 12.6 Å². The van der Waals surface area contributed by atoms with Crippen LogP contribution in [0.4, 0.5) is 13.2 Å². The molecule has 2 unspecified atom stereocenters. The fourth-order valence-corrected chi connectivity index (χ4v) is 2.02. The molecule has 0 N–H and O–H groups in total. The second-order valence-electron chi connectivity index (χ2n) is 4.32. The lowest BCUT2D eigenvalue weighted by Gasteiger charge is -2.08. The van der Waals surface area contributed by atoms with E-state index in [1.165, 1.54) is 6.07 Å². The van der Waals surface area contributed by atoms with Gasteiger partial charge in [0.2, 0.25) is 0 Å². The van der Waals surface area contributed by atoms with E-state index in [2.05, 4.69) is 0 Å². The molecule has 0 aliphatic heterocycles. The molecule has 0 bridgehead atoms. The number of esters is 1. The molecule has 2 atom stereocenters. The van der Waals surface area contributed by atoms with Gasteiger partial charge in [0.25, 0.3) is 0 Å². The molecule has 1 saturated carbocycles. The molecule has 1 fully saturated rings. The van der Waals surface area contributed by atoms with E-state index in [1.54, 1.807) is 13.0 Å². The maximum atomic E-state index is 12.5. The number of hydrogen-bond acceptors (Lipinski definition) is 2. The van der Waals surface area contributed by atoms with Gasteiger partial charge in [-0.1, -0.05) is 18.2 Å². The molecule has 0 spiro atoms. The van der Waals surface area contributed by atoms with E-state index in [0.717, 1.165) is 12.1 Å². The number of alkyl halides is 3. The Morgan fingerprint density at radius 3 is 2.78 bits per heavy atom. The van der Waals surface area contributed by atoms with Crippen molar-refractivity contribution < 1.29 is 22.7 Å². The lowest BCUT2D eigenvalue weighted by atomic mass is 10.1. The zero-order valence-electron chi connectivity index (χ0n) is 9.83. The largest absolute Gasteiger partial charge is 0.466 e. The highest BCUT2D eigenvalue weighted by atomic mass is 19.4. The molecular formula is C13H13F3O2. The van der Waals surface area contributed by atoms with Crippen molar-refractivity contribution in [3.8, 4) is 0 Å². The average molecular weight is 258 g/mol. The molecule has 1 aliphatic rings. The number of rotatable bonds is 3. The highest BCUT2D eigenvalue weighted by Crippen LogP contribution is 2.48. The van der Waals surface area contributed by atoms with Gasteiger partial charge in [-0.15, -0.1) is 0 Å². The third-order valence-corrected chi connectivity index (χ3v) is 3.02. The smallest absolute Gasteiger partial charge is 0.416 e. The van der Waals surface area contributed by atoms with Crippen molar-refractivity contribution in [2.24, 2.45) is 5.92 Å². The Hall–Kier alpha value is -1.52. The molecule has 0 radical (unpaired) electrons. The zero-order chi connectivity index (χ0) is 13.3. The monoisotopic (exact) mass is 258 g/mol. The number of ether oxygens (including phenoxy) is 1. The van der Waals surface area contributed by atoms with Crippen LogP contribution in [0.2, 0.25) is 0 Å². The zero-order valence-corrected chi connectivity index (χ0v) is 9.83. The second-order valence-corrected chi connectivity index (χ2v) is 4.32. The highest BCUT2D eigenvalue weighted by Gasteiger charge is 2.45. The molecule has 5 heteroatoms. The minimum Gasteiger partial charge on any atom is -0.466 e. The summed E-state index contributed by atoms with van der Waals surface area (Å²) in [4.78, 5) is 11.4. The minimum atomic E-state index is -4.34. The van der Waals surface area contributed by atoms with E-state index in [4.69, 9.17) is 4.74 Å². The summed E-state index contributed by atoms with van der Waals surface area (Å²) in [6, 6.07) is 5.15. The molecular weight excluding hydrogens is 245 g/mol. The van der Waals surface area contributed by atoms with E-state index in [1.807, 2.05) is 0 Å². The van der Waals surface area contributed by atoms with Crippen molar-refractivity contribution in [3.05, 3.63) is 35.4 Å². The predicted octanol–water partition coefficient (Wildman–Crippen LogP) is 3.37. The Bertz CT molecular complexity index is 454. The summed E-state index contributed by atoms with van der Waals surface area (Å²) in [6.45, 7) is 2.00. The van der Waals surface area contributed by atoms with Gasteiger partial charge in [0.1, 0.15) is 0 Å². The van der Waals surface area contributed by atoms with Gasteiger partial charge in [-0.3, -0.25) is 4.79 Å². The Morgan fingerprint density at radius 2 is 2.17 bits per heavy atom. The van der Waals surface area contributed by atoms with Crippen molar-refractivity contribution in [1.82, 2.24) is 0 Å². The van der Waals surface area contributed by atoms with Crippen LogP contribution in [-0.2, 0) is 15.7 Å². The van der Waals surface area contributed by atoms with Crippen LogP contribution in [0.25, 0.3) is 0 Å². The van der Waals surface area contributed by atoms with Gasteiger partial charge in [0.05, 0.1) is 18.1 Å². The molecule has 0 saturated heterocycles. The molecule has 1 aromatic carbocycles. The van der Waals surface area contributed by atoms with Gasteiger partial charge in [0.15, 0.2) is 0 Å². The Balaban J connectivity index is 2.10. The Morgan fingerprint density at radius 1 is 1.44 bits per heavy atom. The van der Waals surface area contributed by atoms with E-state index < -0.39 is 11.7 Å². The molecule has 0 aromatic heterocycles. The van der Waals surface area contributed by atoms with E-state index in [0.29, 0.717) is 18.6 Å². The van der Waals surface area contributed by atoms with Crippen molar-refractivity contribution >= 4 is 5.97 Å². The summed E-state index contributed by atoms with van der Waals surface area (Å²) in [5.41, 5.74) is -0.114. The highest BCUT2D eigenvalue weighted by molar-refractivity contribution is 5.77. The van der Waals surface area contributed by atoms with Crippen molar-refractivity contribution in [3.63, 3.8) is 0 Å². The van der Waals surface area contributed by atoms with Crippen LogP contribution < -0.4 is 0 Å². The Labute approximate surface area is 103 Å². The lowest BCUT2D eigenvalue weighted by Crippen LogP contribution is -2.08. The van der Waals surface area contributed by atoms with Crippen LogP contribution in [0.15, 0.2) is 24.3 Å². The van der Waals surface area contributed by atoms with Crippen molar-refractivity contribution in [2.75, 3.05) is 6.61 Å². The number of carbonyl (C=O) groups is 1. The average Bonchev–Trinajstić information content (AvgIpc) is 3.08. The molecule has 18 heavy (non-hydrogen) atoms. The number of carbonyl (C=O) groups excluding carboxylic acids is 1. The van der Waals surface area contributed by atoms with Gasteiger partial charge in [0, 0.05) is 0 Å². The standard InChI is InChI=1S/C13H13F3O2/c1-2-18-12(17)11-7-10(11)8-4-3-5-9(6-8)13(14,15)16/h3-6,10-11H,2,7H2,1H3. The second kappa shape index (κ2) is 4.63. The Kier molecular flexibility index (Phi) is 3.32. The van der Waals surface area contributed by atoms with E-state index >= 15 is 0 Å². The molecule has 1 aliphatic carbocycles. The SMILES string of the molecule is CCOC(=O)C1CC1c1cccc(C(F)(F)F)c1. The van der Waals surface area contributed by atoms with Crippen LogP contribution in [0, 0.1) is 5.92 Å². The molecule has 98 valence electrons. The summed E-state index contributed by atoms with van der Waals surface area (Å²) in [5.74, 6) is -0.736. The molecule has 0 heterocycles. The maximum absolute atomic E-state index is 12.5.